The smallest absolute Gasteiger partial charge is 0.409 e. The van der Waals surface area contributed by atoms with Crippen LogP contribution in [0, 0.1) is 0 Å². The Morgan fingerprint density at radius 3 is 2.65 bits per heavy atom. The van der Waals surface area contributed by atoms with Gasteiger partial charge in [0.2, 0.25) is 11.8 Å². The van der Waals surface area contributed by atoms with Crippen molar-refractivity contribution in [3.05, 3.63) is 6.07 Å². The highest BCUT2D eigenvalue weighted by Gasteiger charge is 2.23. The largest absolute Gasteiger partial charge is 0.481 e. The molecule has 1 aliphatic rings. The molecule has 110 valence electrons. The van der Waals surface area contributed by atoms with Gasteiger partial charge in [0.15, 0.2) is 0 Å². The number of anilines is 2. The van der Waals surface area contributed by atoms with E-state index in [0.29, 0.717) is 44.5 Å². The summed E-state index contributed by atoms with van der Waals surface area (Å²) in [6.45, 7) is 4.69. The van der Waals surface area contributed by atoms with Crippen LogP contribution in [0.2, 0.25) is 0 Å². The van der Waals surface area contributed by atoms with Crippen molar-refractivity contribution in [2.45, 2.75) is 6.92 Å². The summed E-state index contributed by atoms with van der Waals surface area (Å²) in [5.41, 5.74) is 5.64. The van der Waals surface area contributed by atoms with E-state index in [1.54, 1.807) is 17.9 Å². The number of hydrogen-bond acceptors (Lipinski definition) is 7. The van der Waals surface area contributed by atoms with Gasteiger partial charge < -0.3 is 25.0 Å². The lowest BCUT2D eigenvalue weighted by atomic mass is 10.3. The summed E-state index contributed by atoms with van der Waals surface area (Å²) in [7, 11) is 1.53. The molecule has 1 amide bonds. The molecule has 2 rings (SSSR count). The maximum atomic E-state index is 11.6. The van der Waals surface area contributed by atoms with Gasteiger partial charge in [-0.2, -0.15) is 9.97 Å². The van der Waals surface area contributed by atoms with Crippen molar-refractivity contribution in [1.82, 2.24) is 14.9 Å². The fraction of sp³-hybridized carbons (Fsp3) is 0.583. The summed E-state index contributed by atoms with van der Waals surface area (Å²) in [4.78, 5) is 23.5. The zero-order chi connectivity index (χ0) is 14.5. The predicted octanol–water partition coefficient (Wildman–Crippen LogP) is 0.346. The molecule has 20 heavy (non-hydrogen) atoms. The average molecular weight is 281 g/mol. The fourth-order valence-electron chi connectivity index (χ4n) is 2.03. The van der Waals surface area contributed by atoms with E-state index in [1.807, 2.05) is 4.90 Å². The van der Waals surface area contributed by atoms with Crippen LogP contribution in [0.25, 0.3) is 0 Å². The van der Waals surface area contributed by atoms with Gasteiger partial charge in [0.25, 0.3) is 0 Å². The van der Waals surface area contributed by atoms with Crippen molar-refractivity contribution >= 4 is 17.9 Å². The van der Waals surface area contributed by atoms with Gasteiger partial charge in [0.1, 0.15) is 5.82 Å². The van der Waals surface area contributed by atoms with Gasteiger partial charge in [0, 0.05) is 32.2 Å². The molecule has 0 atom stereocenters. The van der Waals surface area contributed by atoms with E-state index in [0.717, 1.165) is 0 Å². The fourth-order valence-corrected chi connectivity index (χ4v) is 2.03. The van der Waals surface area contributed by atoms with Crippen LogP contribution in [-0.2, 0) is 4.74 Å². The Kier molecular flexibility index (Phi) is 4.44. The Bertz CT molecular complexity index is 474. The second-order valence-electron chi connectivity index (χ2n) is 4.30. The van der Waals surface area contributed by atoms with Crippen molar-refractivity contribution in [2.75, 3.05) is 50.5 Å². The number of hydrogen-bond donors (Lipinski definition) is 1. The number of ether oxygens (including phenoxy) is 2. The number of carbonyl (C=O) groups is 1. The zero-order valence-corrected chi connectivity index (χ0v) is 11.7. The van der Waals surface area contributed by atoms with Gasteiger partial charge in [0.05, 0.1) is 13.7 Å². The van der Waals surface area contributed by atoms with Crippen LogP contribution in [-0.4, -0.2) is 60.9 Å². The Balaban J connectivity index is 2.00. The molecule has 2 heterocycles. The van der Waals surface area contributed by atoms with Crippen molar-refractivity contribution in [3.63, 3.8) is 0 Å². The summed E-state index contributed by atoms with van der Waals surface area (Å²) < 4.78 is 10.1. The van der Waals surface area contributed by atoms with Crippen LogP contribution in [0.1, 0.15) is 6.92 Å². The third-order valence-electron chi connectivity index (χ3n) is 3.05. The highest BCUT2D eigenvalue weighted by molar-refractivity contribution is 5.68. The molecule has 0 aromatic carbocycles. The van der Waals surface area contributed by atoms with Crippen LogP contribution in [0.5, 0.6) is 5.88 Å². The maximum Gasteiger partial charge on any atom is 0.409 e. The molecule has 2 N–H and O–H groups in total. The lowest BCUT2D eigenvalue weighted by Gasteiger charge is -2.34. The van der Waals surface area contributed by atoms with Crippen molar-refractivity contribution in [1.29, 1.82) is 0 Å². The minimum atomic E-state index is -0.271. The molecule has 0 saturated carbocycles. The topological polar surface area (TPSA) is 93.8 Å². The number of aromatic nitrogens is 2. The number of rotatable bonds is 3. The Hall–Kier alpha value is -2.25. The van der Waals surface area contributed by atoms with Crippen LogP contribution >= 0.6 is 0 Å². The van der Waals surface area contributed by atoms with Gasteiger partial charge in [-0.3, -0.25) is 0 Å². The first-order valence-electron chi connectivity index (χ1n) is 6.49. The normalized spacial score (nSPS) is 15.1. The van der Waals surface area contributed by atoms with E-state index in [9.17, 15) is 4.79 Å². The van der Waals surface area contributed by atoms with Gasteiger partial charge >= 0.3 is 6.09 Å². The van der Waals surface area contributed by atoms with E-state index in [2.05, 4.69) is 9.97 Å². The van der Waals surface area contributed by atoms with E-state index < -0.39 is 0 Å². The van der Waals surface area contributed by atoms with Gasteiger partial charge in [-0.05, 0) is 6.92 Å². The lowest BCUT2D eigenvalue weighted by Crippen LogP contribution is -2.49. The number of nitrogens with zero attached hydrogens (tertiary/aromatic N) is 4. The third-order valence-corrected chi connectivity index (χ3v) is 3.05. The predicted molar refractivity (Wildman–Crippen MR) is 73.8 cm³/mol. The van der Waals surface area contributed by atoms with Crippen molar-refractivity contribution in [2.24, 2.45) is 0 Å². The average Bonchev–Trinajstić information content (AvgIpc) is 2.47. The van der Waals surface area contributed by atoms with Crippen molar-refractivity contribution < 1.29 is 14.3 Å². The maximum absolute atomic E-state index is 11.6. The molecule has 0 radical (unpaired) electrons. The molecule has 1 aromatic heterocycles. The molecule has 0 aliphatic carbocycles. The lowest BCUT2D eigenvalue weighted by molar-refractivity contribution is 0.105. The highest BCUT2D eigenvalue weighted by atomic mass is 16.6. The van der Waals surface area contributed by atoms with E-state index in [1.165, 1.54) is 7.11 Å². The van der Waals surface area contributed by atoms with Crippen LogP contribution in [0.3, 0.4) is 0 Å². The highest BCUT2D eigenvalue weighted by Crippen LogP contribution is 2.19. The molecule has 1 fully saturated rings. The third kappa shape index (κ3) is 3.19. The second kappa shape index (κ2) is 6.27. The Morgan fingerprint density at radius 1 is 1.35 bits per heavy atom. The number of piperazine rings is 1. The van der Waals surface area contributed by atoms with Gasteiger partial charge in [-0.1, -0.05) is 0 Å². The van der Waals surface area contributed by atoms with Crippen LogP contribution in [0.4, 0.5) is 16.6 Å². The summed E-state index contributed by atoms with van der Waals surface area (Å²) >= 11 is 0. The summed E-state index contributed by atoms with van der Waals surface area (Å²) in [6, 6.07) is 1.73. The molecule has 8 heteroatoms. The number of nitrogens with two attached hydrogens (primary N) is 1. The summed E-state index contributed by atoms with van der Waals surface area (Å²) in [5.74, 6) is 1.31. The van der Waals surface area contributed by atoms with E-state index in [4.69, 9.17) is 15.2 Å². The first-order chi connectivity index (χ1) is 9.63. The van der Waals surface area contributed by atoms with E-state index in [-0.39, 0.29) is 12.0 Å². The summed E-state index contributed by atoms with van der Waals surface area (Å²) in [5, 5.41) is 0. The van der Waals surface area contributed by atoms with Gasteiger partial charge in [-0.25, -0.2) is 4.79 Å². The molecular formula is C12H19N5O3. The molecule has 0 unspecified atom stereocenters. The van der Waals surface area contributed by atoms with Crippen LogP contribution in [0.15, 0.2) is 6.07 Å². The second-order valence-corrected chi connectivity index (χ2v) is 4.30. The molecule has 1 saturated heterocycles. The molecule has 0 bridgehead atoms. The Labute approximate surface area is 117 Å². The minimum Gasteiger partial charge on any atom is -0.481 e. The number of nitrogen functional groups attached to an aromatic ring is 1. The SMILES string of the molecule is CCOC(=O)N1CCN(c2cc(OC)nc(N)n2)CC1. The molecular weight excluding hydrogens is 262 g/mol. The molecule has 8 nitrogen and oxygen atoms in total. The van der Waals surface area contributed by atoms with E-state index >= 15 is 0 Å². The zero-order valence-electron chi connectivity index (χ0n) is 11.7. The number of methoxy groups -OCH3 is 1. The first kappa shape index (κ1) is 14.2. The number of amides is 1. The molecule has 0 spiro atoms. The summed E-state index contributed by atoms with van der Waals surface area (Å²) in [6.07, 6.45) is -0.271. The molecule has 1 aromatic rings. The number of carbonyl (C=O) groups excluding carboxylic acids is 1. The van der Waals surface area contributed by atoms with Gasteiger partial charge in [-0.15, -0.1) is 0 Å². The Morgan fingerprint density at radius 2 is 2.05 bits per heavy atom. The van der Waals surface area contributed by atoms with Crippen molar-refractivity contribution in [3.8, 4) is 5.88 Å². The monoisotopic (exact) mass is 281 g/mol. The molecule has 1 aliphatic heterocycles. The van der Waals surface area contributed by atoms with Crippen LogP contribution < -0.4 is 15.4 Å². The quantitative estimate of drug-likeness (QED) is 0.854. The minimum absolute atomic E-state index is 0.173. The first-order valence-corrected chi connectivity index (χ1v) is 6.49. The standard InChI is InChI=1S/C12H19N5O3/c1-3-20-12(18)17-6-4-16(5-7-17)9-8-10(19-2)15-11(13)14-9/h8H,3-7H2,1-2H3,(H2,13,14,15).